The van der Waals surface area contributed by atoms with Gasteiger partial charge in [-0.15, -0.1) is 0 Å². The van der Waals surface area contributed by atoms with Crippen molar-refractivity contribution in [1.29, 1.82) is 0 Å². The van der Waals surface area contributed by atoms with Gasteiger partial charge in [-0.2, -0.15) is 0 Å². The molecule has 1 fully saturated rings. The summed E-state index contributed by atoms with van der Waals surface area (Å²) in [5.74, 6) is -0.371. The summed E-state index contributed by atoms with van der Waals surface area (Å²) in [6.45, 7) is 3.51. The van der Waals surface area contributed by atoms with Gasteiger partial charge in [0.2, 0.25) is 11.8 Å². The average molecular weight is 592 g/mol. The summed E-state index contributed by atoms with van der Waals surface area (Å²) >= 11 is 0. The van der Waals surface area contributed by atoms with E-state index in [9.17, 15) is 18.0 Å². The second-order valence-corrected chi connectivity index (χ2v) is 12.6. The molecule has 0 radical (unpaired) electrons. The Balaban J connectivity index is 1.72. The number of aryl methyl sites for hydroxylation is 1. The van der Waals surface area contributed by atoms with Gasteiger partial charge in [0.15, 0.2) is 0 Å². The SMILES string of the molecule is CCC(C(=O)NC1CCCCC1)N(Cc1cccc(C)c1)C(=O)CN(c1ccccc1OC)S(=O)(=O)c1ccccc1. The Hall–Kier alpha value is -3.85. The third-order valence-electron chi connectivity index (χ3n) is 7.74. The lowest BCUT2D eigenvalue weighted by atomic mass is 9.95. The lowest BCUT2D eigenvalue weighted by molar-refractivity contribution is -0.140. The highest BCUT2D eigenvalue weighted by molar-refractivity contribution is 7.92. The van der Waals surface area contributed by atoms with Crippen LogP contribution in [-0.4, -0.2) is 50.9 Å². The molecule has 0 bridgehead atoms. The van der Waals surface area contributed by atoms with Crippen molar-refractivity contribution in [3.63, 3.8) is 0 Å². The molecule has 3 aromatic rings. The molecular weight excluding hydrogens is 550 g/mol. The van der Waals surface area contributed by atoms with Gasteiger partial charge in [0, 0.05) is 12.6 Å². The zero-order chi connectivity index (χ0) is 30.1. The molecule has 8 nitrogen and oxygen atoms in total. The van der Waals surface area contributed by atoms with E-state index >= 15 is 0 Å². The molecule has 1 N–H and O–H groups in total. The first kappa shape index (κ1) is 31.1. The first-order valence-electron chi connectivity index (χ1n) is 14.6. The molecule has 4 rings (SSSR count). The molecule has 0 aliphatic heterocycles. The molecule has 224 valence electrons. The van der Waals surface area contributed by atoms with Crippen molar-refractivity contribution in [2.24, 2.45) is 0 Å². The number of hydrogen-bond donors (Lipinski definition) is 1. The van der Waals surface area contributed by atoms with E-state index in [0.717, 1.165) is 47.5 Å². The number of nitrogens with zero attached hydrogens (tertiary/aromatic N) is 2. The van der Waals surface area contributed by atoms with Crippen LogP contribution in [0.4, 0.5) is 5.69 Å². The van der Waals surface area contributed by atoms with Crippen molar-refractivity contribution < 1.29 is 22.7 Å². The summed E-state index contributed by atoms with van der Waals surface area (Å²) in [6.07, 6.45) is 5.53. The van der Waals surface area contributed by atoms with Gasteiger partial charge in [0.25, 0.3) is 10.0 Å². The zero-order valence-electron chi connectivity index (χ0n) is 24.7. The van der Waals surface area contributed by atoms with Gasteiger partial charge in [-0.3, -0.25) is 13.9 Å². The molecule has 42 heavy (non-hydrogen) atoms. The van der Waals surface area contributed by atoms with Gasteiger partial charge in [0.05, 0.1) is 17.7 Å². The number of carbonyl (C=O) groups excluding carboxylic acids is 2. The van der Waals surface area contributed by atoms with Crippen LogP contribution >= 0.6 is 0 Å². The maximum Gasteiger partial charge on any atom is 0.264 e. The van der Waals surface area contributed by atoms with E-state index in [4.69, 9.17) is 4.74 Å². The topological polar surface area (TPSA) is 96.0 Å². The third-order valence-corrected chi connectivity index (χ3v) is 9.51. The molecule has 0 spiro atoms. The Bertz CT molecular complexity index is 1460. The Kier molecular flexibility index (Phi) is 10.6. The molecule has 1 aliphatic rings. The number of sulfonamides is 1. The monoisotopic (exact) mass is 591 g/mol. The molecular formula is C33H41N3O5S. The second kappa shape index (κ2) is 14.4. The highest BCUT2D eigenvalue weighted by atomic mass is 32.2. The van der Waals surface area contributed by atoms with Crippen molar-refractivity contribution in [1.82, 2.24) is 10.2 Å². The van der Waals surface area contributed by atoms with E-state index < -0.39 is 28.5 Å². The number of hydrogen-bond acceptors (Lipinski definition) is 5. The number of methoxy groups -OCH3 is 1. The molecule has 1 unspecified atom stereocenters. The van der Waals surface area contributed by atoms with Gasteiger partial charge < -0.3 is 15.0 Å². The first-order valence-corrected chi connectivity index (χ1v) is 16.0. The zero-order valence-corrected chi connectivity index (χ0v) is 25.5. The van der Waals surface area contributed by atoms with Crippen molar-refractivity contribution in [3.05, 3.63) is 90.0 Å². The smallest absolute Gasteiger partial charge is 0.264 e. The molecule has 1 aliphatic carbocycles. The van der Waals surface area contributed by atoms with E-state index in [1.807, 2.05) is 38.1 Å². The van der Waals surface area contributed by atoms with Crippen molar-refractivity contribution >= 4 is 27.5 Å². The molecule has 1 saturated carbocycles. The Morgan fingerprint density at radius 3 is 2.31 bits per heavy atom. The van der Waals surface area contributed by atoms with Gasteiger partial charge in [-0.05, 0) is 56.0 Å². The maximum atomic E-state index is 14.3. The standard InChI is InChI=1S/C33H41N3O5S/c1-4-29(33(38)34-27-16-7-5-8-17-27)35(23-26-15-13-14-25(2)22-26)32(37)24-36(30-20-11-12-21-31(30)41-3)42(39,40)28-18-9-6-10-19-28/h6,9-15,18-22,27,29H,4-5,7-8,16-17,23-24H2,1-3H3,(H,34,38). The van der Waals surface area contributed by atoms with E-state index in [1.54, 1.807) is 42.5 Å². The Labute approximate surface area is 249 Å². The minimum Gasteiger partial charge on any atom is -0.495 e. The van der Waals surface area contributed by atoms with E-state index in [-0.39, 0.29) is 29.1 Å². The molecule has 0 saturated heterocycles. The normalized spacial score (nSPS) is 14.5. The molecule has 1 atom stereocenters. The van der Waals surface area contributed by atoms with Crippen molar-refractivity contribution in [2.75, 3.05) is 18.0 Å². The van der Waals surface area contributed by atoms with Crippen LogP contribution in [0.1, 0.15) is 56.6 Å². The van der Waals surface area contributed by atoms with Gasteiger partial charge in [-0.25, -0.2) is 8.42 Å². The van der Waals surface area contributed by atoms with Crippen LogP contribution in [0.25, 0.3) is 0 Å². The lowest BCUT2D eigenvalue weighted by Crippen LogP contribution is -2.54. The fourth-order valence-electron chi connectivity index (χ4n) is 5.54. The number of amides is 2. The van der Waals surface area contributed by atoms with E-state index in [0.29, 0.717) is 12.2 Å². The minimum atomic E-state index is -4.16. The van der Waals surface area contributed by atoms with Crippen LogP contribution in [-0.2, 0) is 26.2 Å². The predicted octanol–water partition coefficient (Wildman–Crippen LogP) is 5.46. The number of anilines is 1. The van der Waals surface area contributed by atoms with Crippen molar-refractivity contribution in [3.8, 4) is 5.75 Å². The highest BCUT2D eigenvalue weighted by Crippen LogP contribution is 2.32. The summed E-state index contributed by atoms with van der Waals surface area (Å²) in [6, 6.07) is 21.8. The molecule has 2 amide bonds. The van der Waals surface area contributed by atoms with Crippen LogP contribution < -0.4 is 14.4 Å². The van der Waals surface area contributed by atoms with Crippen LogP contribution in [0, 0.1) is 6.92 Å². The molecule has 0 heterocycles. The Morgan fingerprint density at radius 1 is 0.952 bits per heavy atom. The van der Waals surface area contributed by atoms with Crippen molar-refractivity contribution in [2.45, 2.75) is 75.9 Å². The van der Waals surface area contributed by atoms with Gasteiger partial charge in [0.1, 0.15) is 18.3 Å². The third kappa shape index (κ3) is 7.50. The number of nitrogens with one attached hydrogen (secondary N) is 1. The fourth-order valence-corrected chi connectivity index (χ4v) is 6.99. The number of para-hydroxylation sites is 2. The lowest BCUT2D eigenvalue weighted by Gasteiger charge is -2.34. The van der Waals surface area contributed by atoms with Crippen LogP contribution in [0.2, 0.25) is 0 Å². The van der Waals surface area contributed by atoms with Gasteiger partial charge in [-0.1, -0.05) is 86.3 Å². The van der Waals surface area contributed by atoms with E-state index in [2.05, 4.69) is 5.32 Å². The Morgan fingerprint density at radius 2 is 1.64 bits per heavy atom. The molecule has 3 aromatic carbocycles. The quantitative estimate of drug-likeness (QED) is 0.302. The number of rotatable bonds is 12. The minimum absolute atomic E-state index is 0.0519. The molecule has 9 heteroatoms. The number of ether oxygens (including phenoxy) is 1. The van der Waals surface area contributed by atoms with Crippen LogP contribution in [0.3, 0.4) is 0 Å². The summed E-state index contributed by atoms with van der Waals surface area (Å²) < 4.78 is 34.6. The van der Waals surface area contributed by atoms with Crippen LogP contribution in [0.5, 0.6) is 5.75 Å². The number of carbonyl (C=O) groups is 2. The maximum absolute atomic E-state index is 14.3. The first-order chi connectivity index (χ1) is 20.2. The average Bonchev–Trinajstić information content (AvgIpc) is 3.00. The highest BCUT2D eigenvalue weighted by Gasteiger charge is 2.35. The summed E-state index contributed by atoms with van der Waals surface area (Å²) in [5.41, 5.74) is 2.14. The van der Waals surface area contributed by atoms with E-state index in [1.165, 1.54) is 24.1 Å². The van der Waals surface area contributed by atoms with Gasteiger partial charge >= 0.3 is 0 Å². The largest absolute Gasteiger partial charge is 0.495 e. The summed E-state index contributed by atoms with van der Waals surface area (Å²) in [5, 5.41) is 3.18. The second-order valence-electron chi connectivity index (χ2n) is 10.8. The molecule has 0 aromatic heterocycles. The summed E-state index contributed by atoms with van der Waals surface area (Å²) in [7, 11) is -2.71. The summed E-state index contributed by atoms with van der Waals surface area (Å²) in [4.78, 5) is 29.5. The predicted molar refractivity (Wildman–Crippen MR) is 165 cm³/mol. The fraction of sp³-hybridized carbons (Fsp3) is 0.394. The number of benzene rings is 3. The van der Waals surface area contributed by atoms with Crippen LogP contribution in [0.15, 0.2) is 83.8 Å².